The zero-order valence-electron chi connectivity index (χ0n) is 11.4. The average Bonchev–Trinajstić information content (AvgIpc) is 2.31. The average molecular weight is 281 g/mol. The number of benzene rings is 1. The molecule has 0 aromatic heterocycles. The fourth-order valence-electron chi connectivity index (χ4n) is 2.51. The minimum atomic E-state index is -0.416. The van der Waals surface area contributed by atoms with Gasteiger partial charge in [-0.2, -0.15) is 0 Å². The van der Waals surface area contributed by atoms with E-state index in [1.54, 1.807) is 12.1 Å². The minimum absolute atomic E-state index is 0.0456. The molecule has 2 N–H and O–H groups in total. The van der Waals surface area contributed by atoms with E-state index in [9.17, 15) is 4.39 Å². The van der Waals surface area contributed by atoms with E-state index in [2.05, 4.69) is 13.8 Å². The summed E-state index contributed by atoms with van der Waals surface area (Å²) in [7, 11) is 0. The summed E-state index contributed by atoms with van der Waals surface area (Å²) in [5, 5.41) is 0. The van der Waals surface area contributed by atoms with Gasteiger partial charge in [0, 0.05) is 0 Å². The third-order valence-corrected chi connectivity index (χ3v) is 4.01. The van der Waals surface area contributed by atoms with Gasteiger partial charge in [-0.05, 0) is 43.2 Å². The maximum atomic E-state index is 13.7. The molecule has 1 aromatic carbocycles. The Labute approximate surface area is 119 Å². The van der Waals surface area contributed by atoms with Crippen LogP contribution in [0, 0.1) is 11.2 Å². The molecule has 0 amide bonds. The van der Waals surface area contributed by atoms with Crippen molar-refractivity contribution in [2.24, 2.45) is 11.1 Å². The van der Waals surface area contributed by atoms with Crippen molar-refractivity contribution in [3.05, 3.63) is 29.6 Å². The summed E-state index contributed by atoms with van der Waals surface area (Å²) in [4.78, 5) is 0.0456. The quantitative estimate of drug-likeness (QED) is 0.856. The molecule has 0 aliphatic heterocycles. The normalized spacial score (nSPS) is 19.1. The molecule has 1 fully saturated rings. The van der Waals surface area contributed by atoms with Crippen LogP contribution in [0.25, 0.3) is 0 Å². The zero-order valence-corrected chi connectivity index (χ0v) is 12.2. The molecule has 1 aliphatic rings. The van der Waals surface area contributed by atoms with Crippen LogP contribution in [0.2, 0.25) is 0 Å². The van der Waals surface area contributed by atoms with Gasteiger partial charge < -0.3 is 10.5 Å². The molecule has 4 heteroatoms. The number of hydrogen-bond acceptors (Lipinski definition) is 2. The lowest BCUT2D eigenvalue weighted by atomic mass is 9.76. The van der Waals surface area contributed by atoms with Gasteiger partial charge in [0.15, 0.2) is 0 Å². The smallest absolute Gasteiger partial charge is 0.137 e. The summed E-state index contributed by atoms with van der Waals surface area (Å²) in [5.41, 5.74) is 6.18. The van der Waals surface area contributed by atoms with Gasteiger partial charge in [0.1, 0.15) is 16.6 Å². The third kappa shape index (κ3) is 3.44. The van der Waals surface area contributed by atoms with Crippen LogP contribution in [0.4, 0.5) is 4.39 Å². The molecule has 104 valence electrons. The molecule has 2 rings (SSSR count). The first-order valence-electron chi connectivity index (χ1n) is 6.64. The van der Waals surface area contributed by atoms with Gasteiger partial charge in [0.05, 0.1) is 11.7 Å². The van der Waals surface area contributed by atoms with Crippen LogP contribution >= 0.6 is 12.2 Å². The molecule has 1 aromatic rings. The highest BCUT2D eigenvalue weighted by Crippen LogP contribution is 2.37. The van der Waals surface area contributed by atoms with Gasteiger partial charge in [0.2, 0.25) is 0 Å². The molecular weight excluding hydrogens is 261 g/mol. The van der Waals surface area contributed by atoms with Crippen LogP contribution in [0.3, 0.4) is 0 Å². The molecular formula is C15H20FNOS. The van der Waals surface area contributed by atoms with Crippen molar-refractivity contribution in [2.45, 2.75) is 45.6 Å². The van der Waals surface area contributed by atoms with E-state index < -0.39 is 5.82 Å². The van der Waals surface area contributed by atoms with E-state index in [0.717, 1.165) is 25.7 Å². The number of thiocarbonyl (C=S) groups is 1. The monoisotopic (exact) mass is 281 g/mol. The second-order valence-electron chi connectivity index (χ2n) is 5.96. The predicted molar refractivity (Wildman–Crippen MR) is 79.0 cm³/mol. The van der Waals surface area contributed by atoms with Crippen LogP contribution in [-0.4, -0.2) is 11.1 Å². The minimum Gasteiger partial charge on any atom is -0.490 e. The molecule has 0 radical (unpaired) electrons. The van der Waals surface area contributed by atoms with Crippen molar-refractivity contribution in [3.8, 4) is 5.75 Å². The lowest BCUT2D eigenvalue weighted by Crippen LogP contribution is -2.29. The van der Waals surface area contributed by atoms with Crippen LogP contribution in [-0.2, 0) is 0 Å². The number of rotatable bonds is 3. The van der Waals surface area contributed by atoms with Gasteiger partial charge >= 0.3 is 0 Å². The van der Waals surface area contributed by atoms with Gasteiger partial charge in [-0.3, -0.25) is 0 Å². The first kappa shape index (κ1) is 14.3. The molecule has 0 atom stereocenters. The van der Waals surface area contributed by atoms with E-state index in [-0.39, 0.29) is 16.7 Å². The van der Waals surface area contributed by atoms with Crippen LogP contribution in [0.1, 0.15) is 45.1 Å². The van der Waals surface area contributed by atoms with Gasteiger partial charge in [-0.1, -0.05) is 32.1 Å². The topological polar surface area (TPSA) is 35.2 Å². The highest BCUT2D eigenvalue weighted by Gasteiger charge is 2.28. The van der Waals surface area contributed by atoms with Crippen LogP contribution in [0.15, 0.2) is 18.2 Å². The SMILES string of the molecule is CC1(C)CCC(Oc2cccc(F)c2C(N)=S)CC1. The molecule has 0 bridgehead atoms. The summed E-state index contributed by atoms with van der Waals surface area (Å²) < 4.78 is 19.6. The first-order valence-corrected chi connectivity index (χ1v) is 7.05. The fourth-order valence-corrected chi connectivity index (χ4v) is 2.71. The number of nitrogens with two attached hydrogens (primary N) is 1. The molecule has 0 spiro atoms. The molecule has 0 saturated heterocycles. The lowest BCUT2D eigenvalue weighted by Gasteiger charge is -2.34. The Balaban J connectivity index is 2.12. The largest absolute Gasteiger partial charge is 0.490 e. The standard InChI is InChI=1S/C15H20FNOS/c1-15(2)8-6-10(7-9-15)18-12-5-3-4-11(16)13(12)14(17)19/h3-5,10H,6-9H2,1-2H3,(H2,17,19). The van der Waals surface area contributed by atoms with Crippen LogP contribution < -0.4 is 10.5 Å². The molecule has 1 aliphatic carbocycles. The van der Waals surface area contributed by atoms with E-state index in [1.165, 1.54) is 6.07 Å². The van der Waals surface area contributed by atoms with Crippen molar-refractivity contribution in [1.29, 1.82) is 0 Å². The summed E-state index contributed by atoms with van der Waals surface area (Å²) in [5.74, 6) is 0.0540. The van der Waals surface area contributed by atoms with Crippen molar-refractivity contribution in [3.63, 3.8) is 0 Å². The van der Waals surface area contributed by atoms with Crippen molar-refractivity contribution < 1.29 is 9.13 Å². The lowest BCUT2D eigenvalue weighted by molar-refractivity contribution is 0.0983. The number of ether oxygens (including phenoxy) is 1. The Kier molecular flexibility index (Phi) is 4.09. The number of hydrogen-bond donors (Lipinski definition) is 1. The van der Waals surface area contributed by atoms with Gasteiger partial charge in [0.25, 0.3) is 0 Å². The Bertz CT molecular complexity index is 477. The summed E-state index contributed by atoms with van der Waals surface area (Å²) >= 11 is 4.90. The highest BCUT2D eigenvalue weighted by molar-refractivity contribution is 7.80. The second-order valence-corrected chi connectivity index (χ2v) is 6.40. The molecule has 0 heterocycles. The summed E-state index contributed by atoms with van der Waals surface area (Å²) in [6, 6.07) is 4.71. The Morgan fingerprint density at radius 3 is 2.58 bits per heavy atom. The zero-order chi connectivity index (χ0) is 14.0. The van der Waals surface area contributed by atoms with E-state index in [4.69, 9.17) is 22.7 Å². The Morgan fingerprint density at radius 1 is 1.37 bits per heavy atom. The first-order chi connectivity index (χ1) is 8.89. The maximum absolute atomic E-state index is 13.7. The molecule has 19 heavy (non-hydrogen) atoms. The molecule has 2 nitrogen and oxygen atoms in total. The van der Waals surface area contributed by atoms with Crippen LogP contribution in [0.5, 0.6) is 5.75 Å². The third-order valence-electron chi connectivity index (χ3n) is 3.80. The van der Waals surface area contributed by atoms with Crippen molar-refractivity contribution >= 4 is 17.2 Å². The van der Waals surface area contributed by atoms with Crippen molar-refractivity contribution in [2.75, 3.05) is 0 Å². The van der Waals surface area contributed by atoms with E-state index >= 15 is 0 Å². The number of halogens is 1. The Hall–Kier alpha value is -1.16. The van der Waals surface area contributed by atoms with E-state index in [1.807, 2.05) is 0 Å². The highest BCUT2D eigenvalue weighted by atomic mass is 32.1. The van der Waals surface area contributed by atoms with Gasteiger partial charge in [-0.15, -0.1) is 0 Å². The molecule has 1 saturated carbocycles. The maximum Gasteiger partial charge on any atom is 0.137 e. The van der Waals surface area contributed by atoms with E-state index in [0.29, 0.717) is 11.2 Å². The second kappa shape index (κ2) is 5.45. The predicted octanol–water partition coefficient (Wildman–Crippen LogP) is 3.81. The van der Waals surface area contributed by atoms with Gasteiger partial charge in [-0.25, -0.2) is 4.39 Å². The Morgan fingerprint density at radius 2 is 2.00 bits per heavy atom. The molecule has 0 unspecified atom stereocenters. The summed E-state index contributed by atoms with van der Waals surface area (Å²) in [6.07, 6.45) is 4.34. The fraction of sp³-hybridized carbons (Fsp3) is 0.533. The summed E-state index contributed by atoms with van der Waals surface area (Å²) in [6.45, 7) is 4.54. The van der Waals surface area contributed by atoms with Crippen molar-refractivity contribution in [1.82, 2.24) is 0 Å².